The zero-order valence-corrected chi connectivity index (χ0v) is 32.5. The molecule has 3 aliphatic carbocycles. The molecular formula is C45H47F5N2O6. The first kappa shape index (κ1) is 42.3. The third kappa shape index (κ3) is 9.70. The molecule has 13 heteroatoms. The van der Waals surface area contributed by atoms with Gasteiger partial charge in [-0.05, 0) is 135 Å². The first-order chi connectivity index (χ1) is 27.5. The molecule has 1 saturated carbocycles. The van der Waals surface area contributed by atoms with E-state index in [2.05, 4.69) is 16.1 Å². The van der Waals surface area contributed by atoms with Gasteiger partial charge in [0.1, 0.15) is 11.5 Å². The Bertz CT molecular complexity index is 2140. The maximum absolute atomic E-state index is 14.5. The van der Waals surface area contributed by atoms with E-state index in [4.69, 9.17) is 4.74 Å². The number of anilines is 1. The van der Waals surface area contributed by atoms with E-state index < -0.39 is 58.6 Å². The molecule has 7 rings (SSSR count). The molecule has 2 bridgehead atoms. The second-order valence-electron chi connectivity index (χ2n) is 15.6. The fourth-order valence-electron chi connectivity index (χ4n) is 8.40. The zero-order valence-electron chi connectivity index (χ0n) is 32.5. The smallest absolute Gasteiger partial charge is 0.497 e. The number of nitrogens with zero attached hydrogens (tertiary/aromatic N) is 1. The number of benzene rings is 4. The summed E-state index contributed by atoms with van der Waals surface area (Å²) in [5, 5.41) is 26.8. The number of carbonyl (C=O) groups excluding carboxylic acids is 2. The highest BCUT2D eigenvalue weighted by Crippen LogP contribution is 2.59. The molecule has 0 spiro atoms. The van der Waals surface area contributed by atoms with Gasteiger partial charge < -0.3 is 29.9 Å². The van der Waals surface area contributed by atoms with Gasteiger partial charge in [0.15, 0.2) is 17.4 Å². The van der Waals surface area contributed by atoms with Crippen LogP contribution in [0.4, 0.5) is 32.4 Å². The first-order valence-corrected chi connectivity index (χ1v) is 19.2. The van der Waals surface area contributed by atoms with Crippen LogP contribution < -0.4 is 14.8 Å². The van der Waals surface area contributed by atoms with Crippen molar-refractivity contribution in [3.8, 4) is 11.5 Å². The van der Waals surface area contributed by atoms with E-state index in [1.54, 1.807) is 30.3 Å². The Morgan fingerprint density at radius 3 is 2.29 bits per heavy atom. The number of methoxy groups -OCH3 is 1. The molecule has 0 saturated heterocycles. The predicted octanol–water partition coefficient (Wildman–Crippen LogP) is 9.88. The van der Waals surface area contributed by atoms with Crippen LogP contribution in [0.2, 0.25) is 0 Å². The van der Waals surface area contributed by atoms with Crippen LogP contribution in [0.5, 0.6) is 11.5 Å². The van der Waals surface area contributed by atoms with Crippen LogP contribution in [0.1, 0.15) is 90.9 Å². The van der Waals surface area contributed by atoms with Crippen molar-refractivity contribution in [2.45, 2.75) is 89.3 Å². The van der Waals surface area contributed by atoms with Gasteiger partial charge in [0, 0.05) is 28.8 Å². The summed E-state index contributed by atoms with van der Waals surface area (Å²) in [6.45, 7) is 3.64. The summed E-state index contributed by atoms with van der Waals surface area (Å²) in [5.41, 5.74) is 0.907. The van der Waals surface area contributed by atoms with Crippen molar-refractivity contribution in [1.29, 1.82) is 0 Å². The number of hydrogen-bond acceptors (Lipinski definition) is 6. The molecule has 0 aliphatic heterocycles. The number of allylic oxidation sites excluding steroid dienone is 2. The fraction of sp³-hybridized carbons (Fsp3) is 0.378. The van der Waals surface area contributed by atoms with Gasteiger partial charge in [0.25, 0.3) is 0 Å². The van der Waals surface area contributed by atoms with Crippen LogP contribution in [0.3, 0.4) is 0 Å². The molecule has 58 heavy (non-hydrogen) atoms. The van der Waals surface area contributed by atoms with E-state index >= 15 is 0 Å². The van der Waals surface area contributed by atoms with Gasteiger partial charge in [0.2, 0.25) is 0 Å². The van der Waals surface area contributed by atoms with Gasteiger partial charge in [0.05, 0.1) is 25.4 Å². The van der Waals surface area contributed by atoms with Crippen molar-refractivity contribution in [2.24, 2.45) is 5.41 Å². The van der Waals surface area contributed by atoms with Crippen LogP contribution in [0, 0.1) is 17.0 Å². The summed E-state index contributed by atoms with van der Waals surface area (Å²) < 4.78 is 76.5. The normalized spacial score (nSPS) is 22.3. The number of halogens is 5. The molecule has 4 aromatic carbocycles. The molecule has 2 amide bonds. The number of aliphatic hydroxyl groups is 2. The van der Waals surface area contributed by atoms with Crippen molar-refractivity contribution in [2.75, 3.05) is 19.0 Å². The number of fused-ring (bicyclic) bond motifs is 8. The number of ether oxygens (including phenoxy) is 2. The highest BCUT2D eigenvalue weighted by atomic mass is 19.4. The van der Waals surface area contributed by atoms with E-state index in [0.29, 0.717) is 60.2 Å². The summed E-state index contributed by atoms with van der Waals surface area (Å²) >= 11 is 0. The maximum atomic E-state index is 14.5. The third-order valence-electron chi connectivity index (χ3n) is 11.7. The van der Waals surface area contributed by atoms with Gasteiger partial charge in [-0.2, -0.15) is 0 Å². The van der Waals surface area contributed by atoms with Crippen LogP contribution in [0.15, 0.2) is 96.6 Å². The van der Waals surface area contributed by atoms with Crippen molar-refractivity contribution in [3.63, 3.8) is 0 Å². The molecular weight excluding hydrogens is 759 g/mol. The molecule has 308 valence electrons. The highest BCUT2D eigenvalue weighted by molar-refractivity contribution is 6.10. The largest absolute Gasteiger partial charge is 0.573 e. The third-order valence-corrected chi connectivity index (χ3v) is 11.7. The first-order valence-electron chi connectivity index (χ1n) is 19.2. The summed E-state index contributed by atoms with van der Waals surface area (Å²) in [4.78, 5) is 29.9. The Balaban J connectivity index is 1.41. The van der Waals surface area contributed by atoms with Crippen LogP contribution in [-0.2, 0) is 13.0 Å². The van der Waals surface area contributed by atoms with Crippen LogP contribution in [0.25, 0.3) is 0 Å². The lowest BCUT2D eigenvalue weighted by Crippen LogP contribution is -2.54. The number of aliphatic hydroxyl groups excluding tert-OH is 1. The molecule has 8 nitrogen and oxygen atoms in total. The molecule has 4 atom stereocenters. The Labute approximate surface area is 334 Å². The molecule has 0 heterocycles. The highest BCUT2D eigenvalue weighted by Gasteiger charge is 2.57. The van der Waals surface area contributed by atoms with E-state index in [0.717, 1.165) is 29.8 Å². The molecule has 0 unspecified atom stereocenters. The summed E-state index contributed by atoms with van der Waals surface area (Å²) in [6, 6.07) is 19.6. The molecule has 1 fully saturated rings. The van der Waals surface area contributed by atoms with Gasteiger partial charge in [-0.1, -0.05) is 42.8 Å². The summed E-state index contributed by atoms with van der Waals surface area (Å²) in [7, 11) is 1.51. The Kier molecular flexibility index (Phi) is 12.6. The molecule has 0 radical (unpaired) electrons. The number of carbonyl (C=O) groups is 2. The molecule has 3 aliphatic rings. The van der Waals surface area contributed by atoms with Gasteiger partial charge in [-0.25, -0.2) is 13.6 Å². The van der Waals surface area contributed by atoms with Crippen molar-refractivity contribution < 1.29 is 51.2 Å². The average molecular weight is 807 g/mol. The standard InChI is InChI=1S/C45H47F5N2O6/c1-28-5-4-21-43(2)38(36-18-9-30(23-33(53)13-6-28)24-37(36)41(54)31-10-19-39(46)40(47)25-31)20-22-44(43,56)27-52(42(55)51-32-11-16-34(57-3)17-12-32)26-29-7-14-35(15-8-29)58-45(48,49)50/h5,7-12,14-19,24-25,33,38,53,56H,4,6,13,20-23,26-27H2,1-3H3,(H,51,55)/t33-,38-,43-,44+/m0/s1. The number of amides is 2. The Hall–Kier alpha value is -5.27. The number of nitrogens with one attached hydrogen (secondary N) is 1. The summed E-state index contributed by atoms with van der Waals surface area (Å²) in [5.74, 6) is -3.11. The van der Waals surface area contributed by atoms with E-state index in [1.165, 1.54) is 30.2 Å². The van der Waals surface area contributed by atoms with E-state index in [1.807, 2.05) is 26.0 Å². The number of hydrogen-bond donors (Lipinski definition) is 3. The predicted molar refractivity (Wildman–Crippen MR) is 209 cm³/mol. The molecule has 3 N–H and O–H groups in total. The van der Waals surface area contributed by atoms with Crippen molar-refractivity contribution in [3.05, 3.63) is 136 Å². The second kappa shape index (κ2) is 17.3. The number of urea groups is 1. The van der Waals surface area contributed by atoms with Gasteiger partial charge >= 0.3 is 12.4 Å². The number of rotatable bonds is 9. The monoisotopic (exact) mass is 806 g/mol. The topological polar surface area (TPSA) is 108 Å². The fourth-order valence-corrected chi connectivity index (χ4v) is 8.40. The lowest BCUT2D eigenvalue weighted by atomic mass is 9.64. The van der Waals surface area contributed by atoms with Crippen molar-refractivity contribution >= 4 is 17.5 Å². The Morgan fingerprint density at radius 1 is 0.914 bits per heavy atom. The Morgan fingerprint density at radius 2 is 1.62 bits per heavy atom. The van der Waals surface area contributed by atoms with Gasteiger partial charge in [-0.15, -0.1) is 13.2 Å². The number of alkyl halides is 3. The van der Waals surface area contributed by atoms with E-state index in [-0.39, 0.29) is 37.1 Å². The lowest BCUT2D eigenvalue weighted by Gasteiger charge is -2.46. The minimum Gasteiger partial charge on any atom is -0.497 e. The maximum Gasteiger partial charge on any atom is 0.573 e. The van der Waals surface area contributed by atoms with Crippen LogP contribution >= 0.6 is 0 Å². The van der Waals surface area contributed by atoms with E-state index in [9.17, 15) is 41.8 Å². The number of ketones is 1. The minimum absolute atomic E-state index is 0.0551. The SMILES string of the molecule is COc1ccc(NC(=O)N(Cc2ccc(OC(F)(F)F)cc2)C[C@]2(O)CC[C@H]3c4ccc(cc4C(=O)c4ccc(F)c(F)c4)C[C@@H](O)CCC(C)=CCC[C@@]32C)cc1. The zero-order chi connectivity index (χ0) is 41.8. The summed E-state index contributed by atoms with van der Waals surface area (Å²) in [6.07, 6.45) is -0.580. The second-order valence-corrected chi connectivity index (χ2v) is 15.6. The molecule has 4 aromatic rings. The molecule has 0 aromatic heterocycles. The lowest BCUT2D eigenvalue weighted by molar-refractivity contribution is -0.274. The average Bonchev–Trinajstić information content (AvgIpc) is 3.43. The quantitative estimate of drug-likeness (QED) is 0.0884. The van der Waals surface area contributed by atoms with Crippen molar-refractivity contribution in [1.82, 2.24) is 4.90 Å². The van der Waals surface area contributed by atoms with Gasteiger partial charge in [-0.3, -0.25) is 4.79 Å². The minimum atomic E-state index is -4.88. The van der Waals surface area contributed by atoms with Crippen LogP contribution in [-0.4, -0.2) is 58.6 Å².